The molecule has 1 aliphatic heterocycles. The van der Waals surface area contributed by atoms with Crippen LogP contribution in [0.2, 0.25) is 0 Å². The van der Waals surface area contributed by atoms with Crippen molar-refractivity contribution in [2.45, 2.75) is 6.61 Å². The third kappa shape index (κ3) is 5.32. The summed E-state index contributed by atoms with van der Waals surface area (Å²) in [7, 11) is 0. The minimum absolute atomic E-state index is 0.0658. The van der Waals surface area contributed by atoms with E-state index in [0.717, 1.165) is 22.6 Å². The van der Waals surface area contributed by atoms with E-state index in [1.165, 1.54) is 11.8 Å². The summed E-state index contributed by atoms with van der Waals surface area (Å²) in [6.45, 7) is 4.70. The third-order valence-electron chi connectivity index (χ3n) is 4.61. The van der Waals surface area contributed by atoms with Gasteiger partial charge in [-0.2, -0.15) is 0 Å². The summed E-state index contributed by atoms with van der Waals surface area (Å²) in [5.74, 6) is 0.722. The summed E-state index contributed by atoms with van der Waals surface area (Å²) in [5.41, 5.74) is 2.87. The molecule has 0 saturated carbocycles. The lowest BCUT2D eigenvalue weighted by molar-refractivity contribution is -0.121. The second-order valence-corrected chi connectivity index (χ2v) is 7.90. The van der Waals surface area contributed by atoms with Crippen LogP contribution >= 0.6 is 11.8 Å². The van der Waals surface area contributed by atoms with Crippen molar-refractivity contribution >= 4 is 34.6 Å². The fraction of sp³-hybridized carbons (Fsp3) is 0.0769. The standard InChI is InChI=1S/C26H22N2O2S/c1-2-17-28-25(29)24(31-26(28)27-22-11-7-4-8-12-22)18-20-13-15-23(16-14-20)30-19-21-9-5-3-6-10-21/h2-16,18H,1,17,19H2. The number of ether oxygens (including phenoxy) is 1. The smallest absolute Gasteiger partial charge is 0.267 e. The van der Waals surface area contributed by atoms with Crippen LogP contribution in [0.5, 0.6) is 5.75 Å². The highest BCUT2D eigenvalue weighted by molar-refractivity contribution is 8.18. The number of carbonyl (C=O) groups excluding carboxylic acids is 1. The SMILES string of the molecule is C=CCN1C(=O)C(=Cc2ccc(OCc3ccccc3)cc2)SC1=Nc1ccccc1. The average molecular weight is 427 g/mol. The van der Waals surface area contributed by atoms with Crippen LogP contribution in [-0.4, -0.2) is 22.5 Å². The van der Waals surface area contributed by atoms with Crippen LogP contribution in [0, 0.1) is 0 Å². The van der Waals surface area contributed by atoms with Gasteiger partial charge in [0.05, 0.1) is 10.6 Å². The van der Waals surface area contributed by atoms with E-state index in [0.29, 0.717) is 23.2 Å². The summed E-state index contributed by atoms with van der Waals surface area (Å²) < 4.78 is 5.84. The maximum atomic E-state index is 12.9. The van der Waals surface area contributed by atoms with Crippen LogP contribution in [0.25, 0.3) is 6.08 Å². The van der Waals surface area contributed by atoms with Gasteiger partial charge in [-0.15, -0.1) is 6.58 Å². The van der Waals surface area contributed by atoms with Gasteiger partial charge in [0.15, 0.2) is 5.17 Å². The first-order valence-electron chi connectivity index (χ1n) is 9.96. The molecule has 5 heteroatoms. The van der Waals surface area contributed by atoms with E-state index in [1.807, 2.05) is 91.0 Å². The molecule has 3 aromatic rings. The van der Waals surface area contributed by atoms with E-state index in [4.69, 9.17) is 4.74 Å². The molecule has 0 radical (unpaired) electrons. The van der Waals surface area contributed by atoms with Crippen molar-refractivity contribution in [2.75, 3.05) is 6.54 Å². The Morgan fingerprint density at radius 2 is 1.61 bits per heavy atom. The topological polar surface area (TPSA) is 41.9 Å². The average Bonchev–Trinajstić information content (AvgIpc) is 3.09. The molecule has 3 aromatic carbocycles. The molecule has 0 atom stereocenters. The van der Waals surface area contributed by atoms with E-state index in [2.05, 4.69) is 11.6 Å². The van der Waals surface area contributed by atoms with Gasteiger partial charge < -0.3 is 4.74 Å². The predicted octanol–water partition coefficient (Wildman–Crippen LogP) is 6.06. The number of thioether (sulfide) groups is 1. The quantitative estimate of drug-likeness (QED) is 0.341. The van der Waals surface area contributed by atoms with Crippen LogP contribution in [0.3, 0.4) is 0 Å². The molecule has 31 heavy (non-hydrogen) atoms. The highest BCUT2D eigenvalue weighted by Gasteiger charge is 2.32. The van der Waals surface area contributed by atoms with Gasteiger partial charge in [-0.25, -0.2) is 4.99 Å². The number of benzene rings is 3. The minimum atomic E-state index is -0.0658. The van der Waals surface area contributed by atoms with Crippen molar-refractivity contribution < 1.29 is 9.53 Å². The minimum Gasteiger partial charge on any atom is -0.489 e. The van der Waals surface area contributed by atoms with Crippen LogP contribution in [-0.2, 0) is 11.4 Å². The number of carbonyl (C=O) groups is 1. The van der Waals surface area contributed by atoms with Gasteiger partial charge in [-0.05, 0) is 53.2 Å². The molecule has 0 bridgehead atoms. The van der Waals surface area contributed by atoms with Gasteiger partial charge in [0, 0.05) is 6.54 Å². The lowest BCUT2D eigenvalue weighted by Crippen LogP contribution is -2.29. The van der Waals surface area contributed by atoms with Crippen LogP contribution < -0.4 is 4.74 Å². The molecule has 0 aliphatic carbocycles. The largest absolute Gasteiger partial charge is 0.489 e. The lowest BCUT2D eigenvalue weighted by atomic mass is 10.2. The molecule has 0 aromatic heterocycles. The molecule has 1 heterocycles. The molecule has 1 amide bonds. The zero-order valence-electron chi connectivity index (χ0n) is 17.0. The zero-order chi connectivity index (χ0) is 21.5. The van der Waals surface area contributed by atoms with Gasteiger partial charge >= 0.3 is 0 Å². The van der Waals surface area contributed by atoms with Crippen molar-refractivity contribution in [3.8, 4) is 5.75 Å². The lowest BCUT2D eigenvalue weighted by Gasteiger charge is -2.12. The number of rotatable bonds is 7. The summed E-state index contributed by atoms with van der Waals surface area (Å²) >= 11 is 1.38. The Morgan fingerprint density at radius 3 is 2.29 bits per heavy atom. The van der Waals surface area contributed by atoms with E-state index < -0.39 is 0 Å². The highest BCUT2D eigenvalue weighted by atomic mass is 32.2. The fourth-order valence-corrected chi connectivity index (χ4v) is 4.05. The number of para-hydroxylation sites is 1. The number of hydrogen-bond acceptors (Lipinski definition) is 4. The van der Waals surface area contributed by atoms with E-state index in [9.17, 15) is 4.79 Å². The predicted molar refractivity (Wildman–Crippen MR) is 128 cm³/mol. The molecule has 0 N–H and O–H groups in total. The third-order valence-corrected chi connectivity index (χ3v) is 5.61. The van der Waals surface area contributed by atoms with Gasteiger partial charge in [-0.3, -0.25) is 9.69 Å². The Balaban J connectivity index is 1.49. The summed E-state index contributed by atoms with van der Waals surface area (Å²) in [6, 6.07) is 27.4. The summed E-state index contributed by atoms with van der Waals surface area (Å²) in [6.07, 6.45) is 3.60. The Hall–Kier alpha value is -3.57. The molecule has 1 aliphatic rings. The van der Waals surface area contributed by atoms with Gasteiger partial charge in [0.1, 0.15) is 12.4 Å². The van der Waals surface area contributed by atoms with Gasteiger partial charge in [0.25, 0.3) is 5.91 Å². The van der Waals surface area contributed by atoms with E-state index in [-0.39, 0.29) is 5.91 Å². The number of aliphatic imine (C=N–C) groups is 1. The molecule has 1 saturated heterocycles. The van der Waals surface area contributed by atoms with Crippen molar-refractivity contribution in [3.05, 3.63) is 114 Å². The Bertz CT molecular complexity index is 1110. The Labute approximate surface area is 186 Å². The van der Waals surface area contributed by atoms with Crippen LogP contribution in [0.4, 0.5) is 5.69 Å². The maximum absolute atomic E-state index is 12.9. The molecule has 154 valence electrons. The highest BCUT2D eigenvalue weighted by Crippen LogP contribution is 2.34. The first kappa shape index (κ1) is 20.7. The molecular weight excluding hydrogens is 404 g/mol. The first-order valence-corrected chi connectivity index (χ1v) is 10.8. The van der Waals surface area contributed by atoms with Crippen LogP contribution in [0.15, 0.2) is 107 Å². The van der Waals surface area contributed by atoms with Crippen molar-refractivity contribution in [3.63, 3.8) is 0 Å². The molecule has 4 nitrogen and oxygen atoms in total. The van der Waals surface area contributed by atoms with Gasteiger partial charge in [-0.1, -0.05) is 66.7 Å². The maximum Gasteiger partial charge on any atom is 0.267 e. The fourth-order valence-electron chi connectivity index (χ4n) is 3.05. The Kier molecular flexibility index (Phi) is 6.65. The van der Waals surface area contributed by atoms with Crippen molar-refractivity contribution in [1.29, 1.82) is 0 Å². The van der Waals surface area contributed by atoms with Gasteiger partial charge in [0.2, 0.25) is 0 Å². The van der Waals surface area contributed by atoms with Crippen molar-refractivity contribution in [1.82, 2.24) is 4.90 Å². The monoisotopic (exact) mass is 426 g/mol. The molecule has 0 spiro atoms. The second kappa shape index (κ2) is 9.96. The normalized spacial score (nSPS) is 16.1. The molecule has 0 unspecified atom stereocenters. The molecular formula is C26H22N2O2S. The molecule has 1 fully saturated rings. The number of nitrogens with zero attached hydrogens (tertiary/aromatic N) is 2. The molecule has 4 rings (SSSR count). The van der Waals surface area contributed by atoms with Crippen LogP contribution in [0.1, 0.15) is 11.1 Å². The van der Waals surface area contributed by atoms with E-state index in [1.54, 1.807) is 11.0 Å². The van der Waals surface area contributed by atoms with Crippen molar-refractivity contribution in [2.24, 2.45) is 4.99 Å². The summed E-state index contributed by atoms with van der Waals surface area (Å²) in [5, 5.41) is 0.658. The number of amides is 1. The number of amidine groups is 1. The summed E-state index contributed by atoms with van der Waals surface area (Å²) in [4.78, 5) is 19.8. The Morgan fingerprint density at radius 1 is 0.935 bits per heavy atom. The second-order valence-electron chi connectivity index (χ2n) is 6.89. The number of hydrogen-bond donors (Lipinski definition) is 0. The zero-order valence-corrected chi connectivity index (χ0v) is 17.8. The first-order chi connectivity index (χ1) is 15.2. The van der Waals surface area contributed by atoms with E-state index >= 15 is 0 Å².